The lowest BCUT2D eigenvalue weighted by Crippen LogP contribution is -2.30. The van der Waals surface area contributed by atoms with Crippen molar-refractivity contribution in [3.05, 3.63) is 60.8 Å². The van der Waals surface area contributed by atoms with Crippen LogP contribution in [0.4, 0.5) is 0 Å². The predicted molar refractivity (Wildman–Crippen MR) is 302 cm³/mol. The second-order valence-corrected chi connectivity index (χ2v) is 20.3. The lowest BCUT2D eigenvalue weighted by atomic mass is 10.0. The molecule has 6 nitrogen and oxygen atoms in total. The van der Waals surface area contributed by atoms with E-state index in [1.165, 1.54) is 173 Å². The van der Waals surface area contributed by atoms with Gasteiger partial charge in [0.15, 0.2) is 6.10 Å². The number of carbonyl (C=O) groups excluding carboxylic acids is 3. The van der Waals surface area contributed by atoms with E-state index in [0.29, 0.717) is 19.3 Å². The van der Waals surface area contributed by atoms with Gasteiger partial charge >= 0.3 is 17.9 Å². The van der Waals surface area contributed by atoms with Crippen molar-refractivity contribution in [2.24, 2.45) is 0 Å². The van der Waals surface area contributed by atoms with Gasteiger partial charge < -0.3 is 14.2 Å². The third-order valence-electron chi connectivity index (χ3n) is 13.4. The average Bonchev–Trinajstić information content (AvgIpc) is 3.36. The first-order chi connectivity index (χ1) is 34.5. The Morgan fingerprint density at radius 3 is 0.914 bits per heavy atom. The van der Waals surface area contributed by atoms with Crippen LogP contribution in [0.25, 0.3) is 0 Å². The SMILES string of the molecule is CC\C=C/C=C\C=C/C=C\CCCCCCCC(=O)OCC(COC(=O)CCCCCCCCCCCCCCCCCCCCC)OC(=O)CCCCCCC/C=C\CCCCCCCCCCC. The molecule has 0 aromatic rings. The van der Waals surface area contributed by atoms with E-state index >= 15 is 0 Å². The molecule has 0 radical (unpaired) electrons. The Labute approximate surface area is 434 Å². The molecule has 1 unspecified atom stereocenters. The van der Waals surface area contributed by atoms with Crippen molar-refractivity contribution in [3.8, 4) is 0 Å². The number of carbonyl (C=O) groups is 3. The van der Waals surface area contributed by atoms with E-state index < -0.39 is 6.10 Å². The summed E-state index contributed by atoms with van der Waals surface area (Å²) in [6.45, 7) is 6.52. The molecule has 0 fully saturated rings. The van der Waals surface area contributed by atoms with Crippen molar-refractivity contribution in [3.63, 3.8) is 0 Å². The Morgan fingerprint density at radius 1 is 0.300 bits per heavy atom. The van der Waals surface area contributed by atoms with Crippen molar-refractivity contribution >= 4 is 17.9 Å². The number of ether oxygens (including phenoxy) is 3. The van der Waals surface area contributed by atoms with Crippen LogP contribution in [0.3, 0.4) is 0 Å². The summed E-state index contributed by atoms with van der Waals surface area (Å²) in [7, 11) is 0. The molecule has 0 spiro atoms. The fraction of sp³-hybridized carbons (Fsp3) is 0.797. The molecular weight excluding hydrogens is 865 g/mol. The van der Waals surface area contributed by atoms with Crippen LogP contribution in [-0.2, 0) is 28.6 Å². The van der Waals surface area contributed by atoms with Crippen LogP contribution >= 0.6 is 0 Å². The summed E-state index contributed by atoms with van der Waals surface area (Å²) in [6.07, 6.45) is 73.6. The Morgan fingerprint density at radius 2 is 0.571 bits per heavy atom. The summed E-state index contributed by atoms with van der Waals surface area (Å²) in [5, 5.41) is 0. The first-order valence-electron chi connectivity index (χ1n) is 30.3. The number of allylic oxidation sites excluding steroid dienone is 10. The van der Waals surface area contributed by atoms with Gasteiger partial charge in [-0.15, -0.1) is 0 Å². The molecule has 0 N–H and O–H groups in total. The van der Waals surface area contributed by atoms with Gasteiger partial charge in [0.2, 0.25) is 0 Å². The molecule has 0 saturated carbocycles. The summed E-state index contributed by atoms with van der Waals surface area (Å²) >= 11 is 0. The number of hydrogen-bond donors (Lipinski definition) is 0. The van der Waals surface area contributed by atoms with Crippen LogP contribution in [-0.4, -0.2) is 37.2 Å². The van der Waals surface area contributed by atoms with Crippen molar-refractivity contribution in [2.75, 3.05) is 13.2 Å². The third-order valence-corrected chi connectivity index (χ3v) is 13.4. The first kappa shape index (κ1) is 67.1. The second-order valence-electron chi connectivity index (χ2n) is 20.3. The van der Waals surface area contributed by atoms with Gasteiger partial charge in [0, 0.05) is 19.3 Å². The molecule has 0 aromatic heterocycles. The maximum Gasteiger partial charge on any atom is 0.306 e. The molecule has 0 heterocycles. The molecule has 1 atom stereocenters. The Balaban J connectivity index is 4.37. The zero-order valence-corrected chi connectivity index (χ0v) is 46.5. The van der Waals surface area contributed by atoms with Gasteiger partial charge in [-0.05, 0) is 64.2 Å². The van der Waals surface area contributed by atoms with Gasteiger partial charge in [-0.25, -0.2) is 0 Å². The van der Waals surface area contributed by atoms with Crippen LogP contribution in [0.1, 0.15) is 310 Å². The summed E-state index contributed by atoms with van der Waals surface area (Å²) in [5.41, 5.74) is 0. The van der Waals surface area contributed by atoms with E-state index in [1.807, 2.05) is 18.2 Å². The van der Waals surface area contributed by atoms with Gasteiger partial charge in [0.1, 0.15) is 13.2 Å². The minimum Gasteiger partial charge on any atom is -0.462 e. The van der Waals surface area contributed by atoms with E-state index in [4.69, 9.17) is 14.2 Å². The standard InChI is InChI=1S/C64H114O6/c1-4-7-10-13-16-19-22-25-28-30-32-34-36-39-42-45-48-51-54-57-63(66)69-60-61(59-68-62(65)56-53-50-47-44-41-38-35-27-24-21-18-15-12-9-6-3)70-64(67)58-55-52-49-46-43-40-37-33-31-29-26-23-20-17-14-11-8-5-2/h9,12,15,18,21,24,27,33,35,37,61H,4-8,10-11,13-14,16-17,19-20,22-23,25-26,28-32,34,36,38-60H2,1-3H3/b12-9-,18-15-,24-21-,35-27-,37-33-. The maximum absolute atomic E-state index is 12.9. The Kier molecular flexibility index (Phi) is 56.3. The largest absolute Gasteiger partial charge is 0.462 e. The third kappa shape index (κ3) is 56.0. The van der Waals surface area contributed by atoms with Crippen molar-refractivity contribution in [2.45, 2.75) is 316 Å². The van der Waals surface area contributed by atoms with Crippen LogP contribution in [0.2, 0.25) is 0 Å². The van der Waals surface area contributed by atoms with Crippen LogP contribution < -0.4 is 0 Å². The second kappa shape index (κ2) is 58.7. The zero-order valence-electron chi connectivity index (χ0n) is 46.5. The fourth-order valence-corrected chi connectivity index (χ4v) is 8.80. The van der Waals surface area contributed by atoms with Crippen molar-refractivity contribution < 1.29 is 28.6 Å². The average molecular weight is 980 g/mol. The molecular formula is C64H114O6. The molecule has 0 aliphatic heterocycles. The molecule has 0 amide bonds. The zero-order chi connectivity index (χ0) is 50.7. The van der Waals surface area contributed by atoms with Crippen LogP contribution in [0, 0.1) is 0 Å². The molecule has 70 heavy (non-hydrogen) atoms. The highest BCUT2D eigenvalue weighted by Gasteiger charge is 2.19. The highest BCUT2D eigenvalue weighted by atomic mass is 16.6. The lowest BCUT2D eigenvalue weighted by Gasteiger charge is -2.18. The predicted octanol–water partition coefficient (Wildman–Crippen LogP) is 20.4. The summed E-state index contributed by atoms with van der Waals surface area (Å²) < 4.78 is 16.9. The Bertz CT molecular complexity index is 1260. The smallest absolute Gasteiger partial charge is 0.306 e. The molecule has 0 bridgehead atoms. The minimum atomic E-state index is -0.787. The number of esters is 3. The molecule has 0 aliphatic rings. The highest BCUT2D eigenvalue weighted by Crippen LogP contribution is 2.17. The number of rotatable bonds is 55. The Hall–Kier alpha value is -2.89. The van der Waals surface area contributed by atoms with E-state index in [2.05, 4.69) is 63.3 Å². The molecule has 6 heteroatoms. The van der Waals surface area contributed by atoms with E-state index in [-0.39, 0.29) is 31.1 Å². The number of unbranched alkanes of at least 4 members (excludes halogenated alkanes) is 37. The molecule has 0 saturated heterocycles. The van der Waals surface area contributed by atoms with Gasteiger partial charge in [-0.1, -0.05) is 287 Å². The van der Waals surface area contributed by atoms with E-state index in [1.54, 1.807) is 0 Å². The van der Waals surface area contributed by atoms with E-state index in [9.17, 15) is 14.4 Å². The summed E-state index contributed by atoms with van der Waals surface area (Å²) in [5.74, 6) is -0.899. The quantitative estimate of drug-likeness (QED) is 0.0199. The normalized spacial score (nSPS) is 12.4. The molecule has 0 aliphatic carbocycles. The summed E-state index contributed by atoms with van der Waals surface area (Å²) in [4.78, 5) is 38.2. The molecule has 0 aromatic carbocycles. The van der Waals surface area contributed by atoms with Gasteiger partial charge in [-0.3, -0.25) is 14.4 Å². The number of hydrogen-bond acceptors (Lipinski definition) is 6. The van der Waals surface area contributed by atoms with Gasteiger partial charge in [-0.2, -0.15) is 0 Å². The molecule has 0 rings (SSSR count). The fourth-order valence-electron chi connectivity index (χ4n) is 8.80. The maximum atomic E-state index is 12.9. The monoisotopic (exact) mass is 979 g/mol. The summed E-state index contributed by atoms with van der Waals surface area (Å²) in [6, 6.07) is 0. The molecule has 406 valence electrons. The van der Waals surface area contributed by atoms with Gasteiger partial charge in [0.05, 0.1) is 0 Å². The highest BCUT2D eigenvalue weighted by molar-refractivity contribution is 5.71. The van der Waals surface area contributed by atoms with Crippen molar-refractivity contribution in [1.82, 2.24) is 0 Å². The van der Waals surface area contributed by atoms with Crippen LogP contribution in [0.15, 0.2) is 60.8 Å². The first-order valence-corrected chi connectivity index (χ1v) is 30.3. The van der Waals surface area contributed by atoms with Gasteiger partial charge in [0.25, 0.3) is 0 Å². The minimum absolute atomic E-state index is 0.0825. The van der Waals surface area contributed by atoms with Crippen LogP contribution in [0.5, 0.6) is 0 Å². The van der Waals surface area contributed by atoms with E-state index in [0.717, 1.165) is 96.3 Å². The topological polar surface area (TPSA) is 78.9 Å². The lowest BCUT2D eigenvalue weighted by molar-refractivity contribution is -0.167. The van der Waals surface area contributed by atoms with Crippen molar-refractivity contribution in [1.29, 1.82) is 0 Å².